The molecular formula is C21H22N6O3S. The molecule has 31 heavy (non-hydrogen) atoms. The molecule has 0 radical (unpaired) electrons. The molecule has 0 fully saturated rings. The minimum absolute atomic E-state index is 0.0248. The zero-order valence-corrected chi connectivity index (χ0v) is 17.8. The van der Waals surface area contributed by atoms with Crippen molar-refractivity contribution in [3.63, 3.8) is 0 Å². The van der Waals surface area contributed by atoms with Crippen molar-refractivity contribution in [1.29, 1.82) is 0 Å². The van der Waals surface area contributed by atoms with E-state index in [1.807, 2.05) is 19.1 Å². The molecule has 0 aliphatic heterocycles. The Bertz CT molecular complexity index is 1170. The van der Waals surface area contributed by atoms with Crippen LogP contribution in [0.5, 0.6) is 11.5 Å². The second-order valence-corrected chi connectivity index (χ2v) is 7.42. The molecular weight excluding hydrogens is 416 g/mol. The second-order valence-electron chi connectivity index (χ2n) is 6.32. The monoisotopic (exact) mass is 438 g/mol. The van der Waals surface area contributed by atoms with Crippen LogP contribution in [0.25, 0.3) is 11.2 Å². The van der Waals surface area contributed by atoms with E-state index in [-0.39, 0.29) is 23.4 Å². The van der Waals surface area contributed by atoms with Gasteiger partial charge in [0.1, 0.15) is 15.8 Å². The van der Waals surface area contributed by atoms with E-state index < -0.39 is 5.25 Å². The Kier molecular flexibility index (Phi) is 6.93. The molecule has 0 spiro atoms. The summed E-state index contributed by atoms with van der Waals surface area (Å²) in [5.41, 5.74) is 7.81. The van der Waals surface area contributed by atoms with E-state index in [0.717, 1.165) is 0 Å². The minimum Gasteiger partial charge on any atom is -0.504 e. The molecule has 0 aliphatic rings. The Labute approximate surface area is 183 Å². The highest BCUT2D eigenvalue weighted by Crippen LogP contribution is 2.33. The highest BCUT2D eigenvalue weighted by atomic mass is 32.2. The van der Waals surface area contributed by atoms with Crippen LogP contribution in [0, 0.1) is 0 Å². The van der Waals surface area contributed by atoms with Crippen LogP contribution in [0.3, 0.4) is 0 Å². The Morgan fingerprint density at radius 1 is 1.39 bits per heavy atom. The number of aromatic amines is 1. The molecule has 9 nitrogen and oxygen atoms in total. The molecule has 5 N–H and O–H groups in total. The highest BCUT2D eigenvalue weighted by molar-refractivity contribution is 8.01. The largest absolute Gasteiger partial charge is 0.504 e. The zero-order chi connectivity index (χ0) is 22.4. The third kappa shape index (κ3) is 5.23. The first kappa shape index (κ1) is 21.9. The Morgan fingerprint density at radius 2 is 2.19 bits per heavy atom. The lowest BCUT2D eigenvalue weighted by atomic mass is 10.1. The molecule has 0 unspecified atom stereocenters. The van der Waals surface area contributed by atoms with Gasteiger partial charge in [-0.25, -0.2) is 9.97 Å². The summed E-state index contributed by atoms with van der Waals surface area (Å²) < 4.78 is 5.10. The molecule has 3 aromatic rings. The molecule has 10 heteroatoms. The van der Waals surface area contributed by atoms with Crippen LogP contribution < -0.4 is 15.8 Å². The number of phenolic OH excluding ortho intramolecular Hbond substituents is 1. The van der Waals surface area contributed by atoms with Crippen molar-refractivity contribution in [2.24, 2.45) is 0 Å². The number of ether oxygens (including phenoxy) is 1. The van der Waals surface area contributed by atoms with Crippen molar-refractivity contribution in [2.45, 2.75) is 17.2 Å². The number of nitrogens with one attached hydrogen (secondary N) is 2. The standard InChI is InChI=1S/C21H22N6O3S/c1-4-5-6-7-12(2)17(19(29)25-13-8-9-14(28)15(10-13)30-3)31-20-16-18(24-11-23-16)26-21(22)27-20/h4-11,17,28H,2H2,1,3H3,(H,25,29)(H3,22,23,24,26,27)/b5-4-,7-6-/t17-/m0/s1. The van der Waals surface area contributed by atoms with E-state index >= 15 is 0 Å². The predicted molar refractivity (Wildman–Crippen MR) is 122 cm³/mol. The number of rotatable bonds is 8. The van der Waals surface area contributed by atoms with Gasteiger partial charge in [-0.1, -0.05) is 42.6 Å². The number of carbonyl (C=O) groups is 1. The highest BCUT2D eigenvalue weighted by Gasteiger charge is 2.25. The number of thioether (sulfide) groups is 1. The van der Waals surface area contributed by atoms with Crippen molar-refractivity contribution in [1.82, 2.24) is 19.9 Å². The lowest BCUT2D eigenvalue weighted by Gasteiger charge is -2.17. The first-order valence-electron chi connectivity index (χ1n) is 9.22. The summed E-state index contributed by atoms with van der Waals surface area (Å²) in [5, 5.41) is 12.4. The van der Waals surface area contributed by atoms with Crippen molar-refractivity contribution in [2.75, 3.05) is 18.2 Å². The number of anilines is 2. The van der Waals surface area contributed by atoms with Crippen LogP contribution in [-0.2, 0) is 4.79 Å². The molecule has 1 atom stereocenters. The average Bonchev–Trinajstić information content (AvgIpc) is 3.21. The van der Waals surface area contributed by atoms with E-state index in [9.17, 15) is 9.90 Å². The SMILES string of the molecule is C=C(/C=C\C=C/C)[C@H](Sc1nc(N)nc2nc[nH]c12)C(=O)Nc1ccc(O)c(OC)c1. The average molecular weight is 439 g/mol. The number of amides is 1. The van der Waals surface area contributed by atoms with Crippen LogP contribution in [0.1, 0.15) is 6.92 Å². The van der Waals surface area contributed by atoms with Gasteiger partial charge in [-0.2, -0.15) is 4.98 Å². The third-order valence-electron chi connectivity index (χ3n) is 4.14. The molecule has 1 aromatic carbocycles. The maximum absolute atomic E-state index is 13.2. The molecule has 3 rings (SSSR count). The third-order valence-corrected chi connectivity index (χ3v) is 5.41. The molecule has 2 aromatic heterocycles. The van der Waals surface area contributed by atoms with Gasteiger partial charge in [0.05, 0.1) is 13.4 Å². The summed E-state index contributed by atoms with van der Waals surface area (Å²) in [4.78, 5) is 28.6. The first-order valence-corrected chi connectivity index (χ1v) is 10.1. The molecule has 0 aliphatic carbocycles. The van der Waals surface area contributed by atoms with Gasteiger partial charge in [0.2, 0.25) is 11.9 Å². The van der Waals surface area contributed by atoms with Gasteiger partial charge in [-0.3, -0.25) is 4.79 Å². The van der Waals surface area contributed by atoms with E-state index in [1.165, 1.54) is 37.3 Å². The number of methoxy groups -OCH3 is 1. The normalized spacial score (nSPS) is 12.5. The topological polar surface area (TPSA) is 139 Å². The maximum atomic E-state index is 13.2. The lowest BCUT2D eigenvalue weighted by molar-refractivity contribution is -0.115. The fourth-order valence-electron chi connectivity index (χ4n) is 2.66. The number of fused-ring (bicyclic) bond motifs is 1. The van der Waals surface area contributed by atoms with Gasteiger partial charge in [0.15, 0.2) is 17.1 Å². The van der Waals surface area contributed by atoms with E-state index in [4.69, 9.17) is 10.5 Å². The van der Waals surface area contributed by atoms with Crippen molar-refractivity contribution >= 4 is 40.5 Å². The fraction of sp³-hybridized carbons (Fsp3) is 0.143. The number of benzene rings is 1. The lowest BCUT2D eigenvalue weighted by Crippen LogP contribution is -2.26. The molecule has 0 saturated carbocycles. The molecule has 160 valence electrons. The number of phenols is 1. The second kappa shape index (κ2) is 9.81. The summed E-state index contributed by atoms with van der Waals surface area (Å²) in [6.07, 6.45) is 8.75. The number of aromatic nitrogens is 4. The molecule has 0 bridgehead atoms. The number of carbonyl (C=O) groups excluding carboxylic acids is 1. The van der Waals surface area contributed by atoms with Crippen LogP contribution >= 0.6 is 11.8 Å². The van der Waals surface area contributed by atoms with E-state index in [0.29, 0.717) is 27.5 Å². The van der Waals surface area contributed by atoms with Crippen LogP contribution in [0.4, 0.5) is 11.6 Å². The Hall–Kier alpha value is -3.79. The van der Waals surface area contributed by atoms with Crippen molar-refractivity contribution in [3.05, 3.63) is 61.0 Å². The predicted octanol–water partition coefficient (Wildman–Crippen LogP) is 3.44. The number of nitrogen functional groups attached to an aromatic ring is 1. The van der Waals surface area contributed by atoms with E-state index in [1.54, 1.807) is 18.2 Å². The minimum atomic E-state index is -0.734. The van der Waals surface area contributed by atoms with Crippen LogP contribution in [0.15, 0.2) is 66.0 Å². The summed E-state index contributed by atoms with van der Waals surface area (Å²) in [6, 6.07) is 4.55. The summed E-state index contributed by atoms with van der Waals surface area (Å²) in [5.74, 6) is -0.0583. The van der Waals surface area contributed by atoms with Gasteiger partial charge in [0.25, 0.3) is 0 Å². The number of nitrogens with two attached hydrogens (primary N) is 1. The number of allylic oxidation sites excluding steroid dienone is 4. The molecule has 1 amide bonds. The Balaban J connectivity index is 1.92. The molecule has 0 saturated heterocycles. The van der Waals surface area contributed by atoms with Crippen LogP contribution in [-0.4, -0.2) is 43.3 Å². The van der Waals surface area contributed by atoms with Crippen molar-refractivity contribution < 1.29 is 14.6 Å². The van der Waals surface area contributed by atoms with Gasteiger partial charge in [0, 0.05) is 11.8 Å². The number of imidazole rings is 1. The number of hydrogen-bond acceptors (Lipinski definition) is 8. The fourth-order valence-corrected chi connectivity index (χ4v) is 3.69. The van der Waals surface area contributed by atoms with Gasteiger partial charge < -0.3 is 25.9 Å². The van der Waals surface area contributed by atoms with Crippen molar-refractivity contribution in [3.8, 4) is 11.5 Å². The van der Waals surface area contributed by atoms with E-state index in [2.05, 4.69) is 31.8 Å². The molecule has 2 heterocycles. The summed E-state index contributed by atoms with van der Waals surface area (Å²) in [7, 11) is 1.43. The van der Waals surface area contributed by atoms with Gasteiger partial charge >= 0.3 is 0 Å². The van der Waals surface area contributed by atoms with Crippen LogP contribution in [0.2, 0.25) is 0 Å². The maximum Gasteiger partial charge on any atom is 0.242 e. The summed E-state index contributed by atoms with van der Waals surface area (Å²) >= 11 is 1.17. The summed E-state index contributed by atoms with van der Waals surface area (Å²) in [6.45, 7) is 5.95. The number of H-pyrrole nitrogens is 1. The van der Waals surface area contributed by atoms with Gasteiger partial charge in [-0.05, 0) is 24.6 Å². The number of aromatic hydroxyl groups is 1. The van der Waals surface area contributed by atoms with Gasteiger partial charge in [-0.15, -0.1) is 0 Å². The first-order chi connectivity index (χ1) is 14.9. The smallest absolute Gasteiger partial charge is 0.242 e. The number of hydrogen-bond donors (Lipinski definition) is 4. The zero-order valence-electron chi connectivity index (χ0n) is 17.0. The quantitative estimate of drug-likeness (QED) is 0.182. The number of nitrogens with zero attached hydrogens (tertiary/aromatic N) is 3. The Morgan fingerprint density at radius 3 is 2.94 bits per heavy atom.